The molecule has 5 heterocycles. The number of hydrogen-bond donors (Lipinski definition) is 1. The predicted molar refractivity (Wildman–Crippen MR) is 117 cm³/mol. The molecule has 8 nitrogen and oxygen atoms in total. The number of carbonyl (C=O) groups excluding carboxylic acids is 1. The number of rotatable bonds is 4. The molecule has 0 aliphatic carbocycles. The zero-order chi connectivity index (χ0) is 21.3. The molecule has 0 spiro atoms. The topological polar surface area (TPSA) is 83.7 Å². The molecule has 0 aromatic carbocycles. The number of amides is 1. The van der Waals surface area contributed by atoms with E-state index in [0.717, 1.165) is 29.8 Å². The van der Waals surface area contributed by atoms with Crippen LogP contribution in [0.15, 0.2) is 49.1 Å². The predicted octanol–water partition coefficient (Wildman–Crippen LogP) is 1.94. The van der Waals surface area contributed by atoms with Gasteiger partial charge in [-0.3, -0.25) is 9.78 Å². The molecule has 2 saturated heterocycles. The number of ether oxygens (including phenoxy) is 1. The van der Waals surface area contributed by atoms with E-state index in [1.807, 2.05) is 35.5 Å². The van der Waals surface area contributed by atoms with Crippen LogP contribution >= 0.6 is 0 Å². The van der Waals surface area contributed by atoms with Gasteiger partial charge in [0.25, 0.3) is 5.91 Å². The van der Waals surface area contributed by atoms with Crippen LogP contribution in [0.1, 0.15) is 23.2 Å². The lowest BCUT2D eigenvalue weighted by atomic mass is 9.91. The molecule has 162 valence electrons. The second-order valence-corrected chi connectivity index (χ2v) is 8.40. The van der Waals surface area contributed by atoms with Gasteiger partial charge in [0.1, 0.15) is 5.82 Å². The van der Waals surface area contributed by atoms with Gasteiger partial charge >= 0.3 is 0 Å². The maximum atomic E-state index is 13.1. The summed E-state index contributed by atoms with van der Waals surface area (Å²) in [7, 11) is 0. The smallest absolute Gasteiger partial charge is 0.254 e. The zero-order valence-corrected chi connectivity index (χ0v) is 17.5. The van der Waals surface area contributed by atoms with E-state index in [0.29, 0.717) is 51.3 Å². The summed E-state index contributed by atoms with van der Waals surface area (Å²) in [6.07, 6.45) is 8.37. The molecule has 2 aliphatic rings. The number of pyridine rings is 2. The van der Waals surface area contributed by atoms with Crippen molar-refractivity contribution in [3.8, 4) is 0 Å². The number of piperidine rings is 1. The number of likely N-dealkylation sites (tertiary alicyclic amines) is 1. The number of fused-ring (bicyclic) bond motifs is 1. The first-order valence-electron chi connectivity index (χ1n) is 10.8. The molecule has 0 unspecified atom stereocenters. The maximum absolute atomic E-state index is 13.1. The standard InChI is InChI=1S/C23H27N5O3/c29-22(19-2-7-25-21(15-19)26-11-13-31-14-12-26)27-9-4-23(30,5-10-27)17-28-8-3-18-1-6-24-16-20(18)28/h1-3,6-8,15-16,30H,4-5,9-14,17H2. The number of hydrogen-bond acceptors (Lipinski definition) is 6. The van der Waals surface area contributed by atoms with Gasteiger partial charge in [-0.1, -0.05) is 0 Å². The largest absolute Gasteiger partial charge is 0.388 e. The Balaban J connectivity index is 1.24. The number of carbonyl (C=O) groups is 1. The summed E-state index contributed by atoms with van der Waals surface area (Å²) in [6.45, 7) is 4.48. The first kappa shape index (κ1) is 20.0. The molecular weight excluding hydrogens is 394 g/mol. The number of morpholine rings is 1. The Kier molecular flexibility index (Phi) is 5.33. The van der Waals surface area contributed by atoms with E-state index in [-0.39, 0.29) is 5.91 Å². The minimum absolute atomic E-state index is 0.00502. The molecule has 1 amide bonds. The van der Waals surface area contributed by atoms with Crippen LogP contribution in [-0.2, 0) is 11.3 Å². The highest BCUT2D eigenvalue weighted by atomic mass is 16.5. The summed E-state index contributed by atoms with van der Waals surface area (Å²) in [5, 5.41) is 12.3. The van der Waals surface area contributed by atoms with Crippen molar-refractivity contribution in [2.45, 2.75) is 25.0 Å². The molecule has 0 atom stereocenters. The van der Waals surface area contributed by atoms with Crippen molar-refractivity contribution in [3.05, 3.63) is 54.6 Å². The molecular formula is C23H27N5O3. The third kappa shape index (κ3) is 4.13. The van der Waals surface area contributed by atoms with Crippen LogP contribution in [-0.4, -0.2) is 75.4 Å². The van der Waals surface area contributed by atoms with E-state index in [1.165, 1.54) is 0 Å². The number of nitrogens with zero attached hydrogens (tertiary/aromatic N) is 5. The molecule has 0 saturated carbocycles. The Morgan fingerprint density at radius 3 is 2.71 bits per heavy atom. The van der Waals surface area contributed by atoms with Crippen LogP contribution in [0.4, 0.5) is 5.82 Å². The molecule has 2 aliphatic heterocycles. The Morgan fingerprint density at radius 1 is 1.10 bits per heavy atom. The Bertz CT molecular complexity index is 1070. The highest BCUT2D eigenvalue weighted by molar-refractivity contribution is 5.95. The summed E-state index contributed by atoms with van der Waals surface area (Å²) in [4.78, 5) is 25.7. The van der Waals surface area contributed by atoms with Crippen molar-refractivity contribution >= 4 is 22.6 Å². The average Bonchev–Trinajstić information content (AvgIpc) is 3.22. The van der Waals surface area contributed by atoms with Crippen LogP contribution < -0.4 is 4.90 Å². The van der Waals surface area contributed by atoms with Crippen molar-refractivity contribution in [1.29, 1.82) is 0 Å². The van der Waals surface area contributed by atoms with Gasteiger partial charge < -0.3 is 24.2 Å². The zero-order valence-electron chi connectivity index (χ0n) is 17.5. The van der Waals surface area contributed by atoms with Gasteiger partial charge in [-0.2, -0.15) is 0 Å². The van der Waals surface area contributed by atoms with Crippen LogP contribution in [0.25, 0.3) is 10.9 Å². The van der Waals surface area contributed by atoms with Crippen LogP contribution in [0, 0.1) is 0 Å². The lowest BCUT2D eigenvalue weighted by Gasteiger charge is -2.38. The van der Waals surface area contributed by atoms with Gasteiger partial charge in [0.2, 0.25) is 0 Å². The van der Waals surface area contributed by atoms with Crippen LogP contribution in [0.3, 0.4) is 0 Å². The number of aliphatic hydroxyl groups is 1. The lowest BCUT2D eigenvalue weighted by molar-refractivity contribution is -0.0284. The Hall–Kier alpha value is -2.97. The quantitative estimate of drug-likeness (QED) is 0.693. The van der Waals surface area contributed by atoms with Gasteiger partial charge in [-0.05, 0) is 37.1 Å². The van der Waals surface area contributed by atoms with Crippen LogP contribution in [0.2, 0.25) is 0 Å². The Labute approximate surface area is 181 Å². The van der Waals surface area contributed by atoms with Gasteiger partial charge in [0.15, 0.2) is 0 Å². The molecule has 3 aromatic rings. The molecule has 1 N–H and O–H groups in total. The summed E-state index contributed by atoms with van der Waals surface area (Å²) >= 11 is 0. The normalized spacial score (nSPS) is 19.0. The van der Waals surface area contributed by atoms with E-state index < -0.39 is 5.60 Å². The minimum atomic E-state index is -0.838. The Morgan fingerprint density at radius 2 is 1.90 bits per heavy atom. The lowest BCUT2D eigenvalue weighted by Crippen LogP contribution is -2.48. The fourth-order valence-electron chi connectivity index (χ4n) is 4.47. The van der Waals surface area contributed by atoms with Gasteiger partial charge in [0, 0.05) is 55.7 Å². The molecule has 5 rings (SSSR count). The fraction of sp³-hybridized carbons (Fsp3) is 0.435. The highest BCUT2D eigenvalue weighted by Gasteiger charge is 2.35. The molecule has 3 aromatic heterocycles. The minimum Gasteiger partial charge on any atom is -0.388 e. The molecule has 8 heteroatoms. The van der Waals surface area contributed by atoms with E-state index in [4.69, 9.17) is 4.74 Å². The highest BCUT2D eigenvalue weighted by Crippen LogP contribution is 2.27. The van der Waals surface area contributed by atoms with Gasteiger partial charge in [0.05, 0.1) is 37.1 Å². The summed E-state index contributed by atoms with van der Waals surface area (Å²) in [5.74, 6) is 0.810. The van der Waals surface area contributed by atoms with E-state index in [1.54, 1.807) is 18.5 Å². The third-order valence-corrected chi connectivity index (χ3v) is 6.35. The fourth-order valence-corrected chi connectivity index (χ4v) is 4.47. The SMILES string of the molecule is O=C(c1ccnc(N2CCOCC2)c1)N1CCC(O)(Cn2ccc3ccncc32)CC1. The van der Waals surface area contributed by atoms with Crippen molar-refractivity contribution in [3.63, 3.8) is 0 Å². The first-order chi connectivity index (χ1) is 15.1. The monoisotopic (exact) mass is 421 g/mol. The number of aromatic nitrogens is 3. The number of anilines is 1. The maximum Gasteiger partial charge on any atom is 0.254 e. The van der Waals surface area contributed by atoms with Gasteiger partial charge in [-0.15, -0.1) is 0 Å². The summed E-state index contributed by atoms with van der Waals surface area (Å²) in [5.41, 5.74) is 0.821. The molecule has 2 fully saturated rings. The summed E-state index contributed by atoms with van der Waals surface area (Å²) in [6, 6.07) is 7.64. The summed E-state index contributed by atoms with van der Waals surface area (Å²) < 4.78 is 7.45. The second-order valence-electron chi connectivity index (χ2n) is 8.40. The van der Waals surface area contributed by atoms with E-state index in [9.17, 15) is 9.90 Å². The van der Waals surface area contributed by atoms with Crippen LogP contribution in [0.5, 0.6) is 0 Å². The third-order valence-electron chi connectivity index (χ3n) is 6.35. The van der Waals surface area contributed by atoms with Crippen molar-refractivity contribution < 1.29 is 14.6 Å². The second kappa shape index (κ2) is 8.28. The molecule has 31 heavy (non-hydrogen) atoms. The van der Waals surface area contributed by atoms with Crippen molar-refractivity contribution in [1.82, 2.24) is 19.4 Å². The van der Waals surface area contributed by atoms with E-state index >= 15 is 0 Å². The van der Waals surface area contributed by atoms with Crippen molar-refractivity contribution in [2.24, 2.45) is 0 Å². The van der Waals surface area contributed by atoms with Gasteiger partial charge in [-0.25, -0.2) is 4.98 Å². The first-order valence-corrected chi connectivity index (χ1v) is 10.8. The average molecular weight is 422 g/mol. The molecule has 0 radical (unpaired) electrons. The molecule has 0 bridgehead atoms. The van der Waals surface area contributed by atoms with E-state index in [2.05, 4.69) is 19.4 Å². The van der Waals surface area contributed by atoms with Crippen molar-refractivity contribution in [2.75, 3.05) is 44.3 Å².